The molecular formula is C31H45N3O4. The quantitative estimate of drug-likeness (QED) is 0.374. The SMILES string of the molecule is CCCN(C(=O)C(CC(C)C)NC(=O)OC(C)(C)C)C(C(=O)Nc1ccccc1C)c1cc(C)ccc1C. The van der Waals surface area contributed by atoms with Gasteiger partial charge in [0.25, 0.3) is 5.91 Å². The molecule has 0 saturated heterocycles. The van der Waals surface area contributed by atoms with Gasteiger partial charge in [-0.15, -0.1) is 0 Å². The van der Waals surface area contributed by atoms with E-state index in [1.54, 1.807) is 25.7 Å². The van der Waals surface area contributed by atoms with E-state index in [1.807, 2.05) is 84.0 Å². The van der Waals surface area contributed by atoms with E-state index in [4.69, 9.17) is 4.74 Å². The highest BCUT2D eigenvalue weighted by Crippen LogP contribution is 2.29. The molecule has 38 heavy (non-hydrogen) atoms. The van der Waals surface area contributed by atoms with E-state index in [9.17, 15) is 14.4 Å². The maximum absolute atomic E-state index is 14.2. The zero-order valence-corrected chi connectivity index (χ0v) is 24.5. The van der Waals surface area contributed by atoms with Crippen LogP contribution < -0.4 is 10.6 Å². The second kappa shape index (κ2) is 13.4. The van der Waals surface area contributed by atoms with Crippen LogP contribution >= 0.6 is 0 Å². The Morgan fingerprint density at radius 2 is 1.63 bits per heavy atom. The van der Waals surface area contributed by atoms with E-state index < -0.39 is 23.8 Å². The number of hydrogen-bond acceptors (Lipinski definition) is 4. The van der Waals surface area contributed by atoms with E-state index in [-0.39, 0.29) is 17.7 Å². The fourth-order valence-corrected chi connectivity index (χ4v) is 4.37. The van der Waals surface area contributed by atoms with Gasteiger partial charge in [0.05, 0.1) is 0 Å². The smallest absolute Gasteiger partial charge is 0.408 e. The van der Waals surface area contributed by atoms with Crippen LogP contribution in [0.2, 0.25) is 0 Å². The number of nitrogens with one attached hydrogen (secondary N) is 2. The predicted molar refractivity (Wildman–Crippen MR) is 153 cm³/mol. The normalized spacial score (nSPS) is 13.0. The van der Waals surface area contributed by atoms with Crippen molar-refractivity contribution in [3.8, 4) is 0 Å². The Bertz CT molecular complexity index is 1120. The maximum Gasteiger partial charge on any atom is 0.408 e. The molecule has 0 aliphatic carbocycles. The van der Waals surface area contributed by atoms with E-state index in [0.717, 1.165) is 22.3 Å². The number of para-hydroxylation sites is 1. The molecule has 2 atom stereocenters. The number of carbonyl (C=O) groups is 3. The molecule has 3 amide bonds. The third kappa shape index (κ3) is 8.89. The summed E-state index contributed by atoms with van der Waals surface area (Å²) in [6, 6.07) is 11.8. The minimum absolute atomic E-state index is 0.127. The van der Waals surface area contributed by atoms with Crippen molar-refractivity contribution in [3.63, 3.8) is 0 Å². The van der Waals surface area contributed by atoms with Crippen LogP contribution in [0.3, 0.4) is 0 Å². The van der Waals surface area contributed by atoms with Crippen molar-refractivity contribution < 1.29 is 19.1 Å². The second-order valence-corrected chi connectivity index (χ2v) is 11.4. The number of carbonyl (C=O) groups excluding carboxylic acids is 3. The van der Waals surface area contributed by atoms with E-state index in [2.05, 4.69) is 10.6 Å². The van der Waals surface area contributed by atoms with Crippen LogP contribution in [0.5, 0.6) is 0 Å². The maximum atomic E-state index is 14.2. The summed E-state index contributed by atoms with van der Waals surface area (Å²) in [5.41, 5.74) is 3.59. The van der Waals surface area contributed by atoms with Crippen LogP contribution in [-0.2, 0) is 14.3 Å². The first kappa shape index (κ1) is 30.9. The zero-order chi connectivity index (χ0) is 28.6. The van der Waals surface area contributed by atoms with Gasteiger partial charge in [-0.2, -0.15) is 0 Å². The summed E-state index contributed by atoms with van der Waals surface area (Å²) in [6.45, 7) is 17.5. The lowest BCUT2D eigenvalue weighted by atomic mass is 9.95. The summed E-state index contributed by atoms with van der Waals surface area (Å²) >= 11 is 0. The summed E-state index contributed by atoms with van der Waals surface area (Å²) in [7, 11) is 0. The highest BCUT2D eigenvalue weighted by molar-refractivity contribution is 5.99. The molecule has 2 unspecified atom stereocenters. The number of anilines is 1. The van der Waals surface area contributed by atoms with Gasteiger partial charge in [0.1, 0.15) is 17.7 Å². The minimum atomic E-state index is -0.878. The Morgan fingerprint density at radius 3 is 2.21 bits per heavy atom. The van der Waals surface area contributed by atoms with Crippen molar-refractivity contribution in [2.45, 2.75) is 92.8 Å². The van der Waals surface area contributed by atoms with Gasteiger partial charge in [-0.05, 0) is 83.1 Å². The molecule has 208 valence electrons. The number of benzene rings is 2. The van der Waals surface area contributed by atoms with Crippen molar-refractivity contribution >= 4 is 23.6 Å². The molecule has 0 aromatic heterocycles. The van der Waals surface area contributed by atoms with Crippen molar-refractivity contribution in [2.75, 3.05) is 11.9 Å². The molecule has 2 aromatic rings. The zero-order valence-electron chi connectivity index (χ0n) is 24.5. The van der Waals surface area contributed by atoms with E-state index in [0.29, 0.717) is 25.1 Å². The number of rotatable bonds is 10. The molecule has 0 spiro atoms. The molecule has 0 aliphatic heterocycles. The van der Waals surface area contributed by atoms with Crippen molar-refractivity contribution in [2.24, 2.45) is 5.92 Å². The molecule has 0 fully saturated rings. The summed E-state index contributed by atoms with van der Waals surface area (Å²) in [5.74, 6) is -0.477. The molecule has 7 heteroatoms. The number of aryl methyl sites for hydroxylation is 3. The van der Waals surface area contributed by atoms with Crippen molar-refractivity contribution in [1.29, 1.82) is 0 Å². The fraction of sp³-hybridized carbons (Fsp3) is 0.516. The molecule has 0 bridgehead atoms. The summed E-state index contributed by atoms with van der Waals surface area (Å²) < 4.78 is 5.46. The second-order valence-electron chi connectivity index (χ2n) is 11.4. The number of nitrogens with zero attached hydrogens (tertiary/aromatic N) is 1. The standard InChI is InChI=1S/C31H45N3O4/c1-10-17-34(29(36)26(18-20(2)3)33-30(37)38-31(7,8)9)27(24-19-21(4)15-16-22(24)5)28(35)32-25-14-12-11-13-23(25)6/h11-16,19-20,26-27H,10,17-18H2,1-9H3,(H,32,35)(H,33,37). The molecule has 2 rings (SSSR count). The van der Waals surface area contributed by atoms with Crippen LogP contribution in [-0.4, -0.2) is 41.0 Å². The van der Waals surface area contributed by atoms with Gasteiger partial charge in [0.15, 0.2) is 0 Å². The lowest BCUT2D eigenvalue weighted by molar-refractivity contribution is -0.141. The predicted octanol–water partition coefficient (Wildman–Crippen LogP) is 6.47. The highest BCUT2D eigenvalue weighted by atomic mass is 16.6. The topological polar surface area (TPSA) is 87.7 Å². The average molecular weight is 524 g/mol. The third-order valence-corrected chi connectivity index (χ3v) is 6.14. The number of ether oxygens (including phenoxy) is 1. The Morgan fingerprint density at radius 1 is 0.974 bits per heavy atom. The monoisotopic (exact) mass is 523 g/mol. The summed E-state index contributed by atoms with van der Waals surface area (Å²) in [5, 5.41) is 5.85. The lowest BCUT2D eigenvalue weighted by Gasteiger charge is -2.35. The van der Waals surface area contributed by atoms with Gasteiger partial charge in [-0.3, -0.25) is 9.59 Å². The fourth-order valence-electron chi connectivity index (χ4n) is 4.37. The third-order valence-electron chi connectivity index (χ3n) is 6.14. The van der Waals surface area contributed by atoms with E-state index >= 15 is 0 Å². The average Bonchev–Trinajstić information content (AvgIpc) is 2.80. The van der Waals surface area contributed by atoms with Crippen LogP contribution in [0.4, 0.5) is 10.5 Å². The van der Waals surface area contributed by atoms with Crippen LogP contribution in [0.15, 0.2) is 42.5 Å². The van der Waals surface area contributed by atoms with Crippen LogP contribution in [0, 0.1) is 26.7 Å². The Labute approximate surface area is 228 Å². The number of hydrogen-bond donors (Lipinski definition) is 2. The molecule has 0 radical (unpaired) electrons. The Kier molecular flexibility index (Phi) is 10.9. The number of amides is 3. The molecular weight excluding hydrogens is 478 g/mol. The number of alkyl carbamates (subject to hydrolysis) is 1. The van der Waals surface area contributed by atoms with Gasteiger partial charge in [-0.25, -0.2) is 4.79 Å². The Hall–Kier alpha value is -3.35. The molecule has 0 heterocycles. The first-order valence-corrected chi connectivity index (χ1v) is 13.5. The van der Waals surface area contributed by atoms with Crippen LogP contribution in [0.25, 0.3) is 0 Å². The van der Waals surface area contributed by atoms with Gasteiger partial charge >= 0.3 is 6.09 Å². The molecule has 2 aromatic carbocycles. The lowest BCUT2D eigenvalue weighted by Crippen LogP contribution is -2.53. The van der Waals surface area contributed by atoms with Crippen molar-refractivity contribution in [3.05, 3.63) is 64.7 Å². The molecule has 2 N–H and O–H groups in total. The molecule has 0 aliphatic rings. The van der Waals surface area contributed by atoms with E-state index in [1.165, 1.54) is 0 Å². The Balaban J connectivity index is 2.56. The summed E-state index contributed by atoms with van der Waals surface area (Å²) in [6.07, 6.45) is 0.406. The summed E-state index contributed by atoms with van der Waals surface area (Å²) in [4.78, 5) is 42.5. The molecule has 0 saturated carbocycles. The first-order valence-electron chi connectivity index (χ1n) is 13.5. The minimum Gasteiger partial charge on any atom is -0.444 e. The van der Waals surface area contributed by atoms with Gasteiger partial charge < -0.3 is 20.3 Å². The van der Waals surface area contributed by atoms with Gasteiger partial charge in [0, 0.05) is 12.2 Å². The van der Waals surface area contributed by atoms with Crippen LogP contribution in [0.1, 0.15) is 82.7 Å². The van der Waals surface area contributed by atoms with Crippen molar-refractivity contribution in [1.82, 2.24) is 10.2 Å². The molecule has 7 nitrogen and oxygen atoms in total. The van der Waals surface area contributed by atoms with Gasteiger partial charge in [0.2, 0.25) is 5.91 Å². The first-order chi connectivity index (χ1) is 17.7. The van der Waals surface area contributed by atoms with Gasteiger partial charge in [-0.1, -0.05) is 62.7 Å². The largest absolute Gasteiger partial charge is 0.444 e. The highest BCUT2D eigenvalue weighted by Gasteiger charge is 2.37.